The molecule has 0 bridgehead atoms. The molecule has 0 aliphatic carbocycles. The van der Waals surface area contributed by atoms with Gasteiger partial charge in [-0.3, -0.25) is 4.98 Å². The highest BCUT2D eigenvalue weighted by molar-refractivity contribution is 5.87. The summed E-state index contributed by atoms with van der Waals surface area (Å²) in [6, 6.07) is 2.54. The second kappa shape index (κ2) is 8.70. The van der Waals surface area contributed by atoms with Crippen molar-refractivity contribution in [2.75, 3.05) is 26.8 Å². The summed E-state index contributed by atoms with van der Waals surface area (Å²) < 4.78 is 4.94. The number of carboxylic acids is 1. The van der Waals surface area contributed by atoms with Crippen molar-refractivity contribution in [3.63, 3.8) is 0 Å². The first-order valence-corrected chi connectivity index (χ1v) is 6.39. The van der Waals surface area contributed by atoms with Gasteiger partial charge in [-0.1, -0.05) is 6.08 Å². The Labute approximate surface area is 123 Å². The molecule has 21 heavy (non-hydrogen) atoms. The summed E-state index contributed by atoms with van der Waals surface area (Å²) in [5.41, 5.74) is 0.616. The Balaban J connectivity index is 2.59. The Morgan fingerprint density at radius 3 is 2.95 bits per heavy atom. The molecule has 0 saturated heterocycles. The first-order valence-electron chi connectivity index (χ1n) is 6.39. The number of amides is 2. The predicted octanol–water partition coefficient (Wildman–Crippen LogP) is 1.12. The molecule has 2 N–H and O–H groups in total. The van der Waals surface area contributed by atoms with Crippen LogP contribution in [0, 0.1) is 0 Å². The third kappa shape index (κ3) is 5.62. The lowest BCUT2D eigenvalue weighted by atomic mass is 10.2. The van der Waals surface area contributed by atoms with E-state index in [-0.39, 0.29) is 18.1 Å². The van der Waals surface area contributed by atoms with Crippen LogP contribution in [0.15, 0.2) is 31.0 Å². The lowest BCUT2D eigenvalue weighted by molar-refractivity contribution is 0.0696. The molecule has 2 amide bonds. The van der Waals surface area contributed by atoms with Gasteiger partial charge in [-0.25, -0.2) is 9.59 Å². The number of pyridine rings is 1. The van der Waals surface area contributed by atoms with Gasteiger partial charge in [0.1, 0.15) is 0 Å². The Kier molecular flexibility index (Phi) is 6.90. The van der Waals surface area contributed by atoms with Crippen molar-refractivity contribution in [1.82, 2.24) is 15.2 Å². The van der Waals surface area contributed by atoms with E-state index < -0.39 is 5.97 Å². The lowest BCUT2D eigenvalue weighted by Gasteiger charge is -2.21. The van der Waals surface area contributed by atoms with Crippen LogP contribution in [0.1, 0.15) is 16.1 Å². The molecule has 1 rings (SSSR count). The number of aromatic carboxylic acids is 1. The molecule has 0 aromatic carbocycles. The van der Waals surface area contributed by atoms with Gasteiger partial charge in [0.2, 0.25) is 0 Å². The standard InChI is InChI=1S/C14H19N3O4/c1-3-6-17(7-8-21-2)14(20)16-10-12-9-11(13(18)19)4-5-15-12/h3-5,9H,1,6-8,10H2,2H3,(H,16,20)(H,18,19). The first kappa shape index (κ1) is 16.6. The van der Waals surface area contributed by atoms with E-state index >= 15 is 0 Å². The maximum absolute atomic E-state index is 12.0. The Morgan fingerprint density at radius 1 is 1.57 bits per heavy atom. The number of hydrogen-bond donors (Lipinski definition) is 2. The van der Waals surface area contributed by atoms with Gasteiger partial charge in [0.15, 0.2) is 0 Å². The van der Waals surface area contributed by atoms with Gasteiger partial charge in [0.05, 0.1) is 24.4 Å². The Morgan fingerprint density at radius 2 is 2.33 bits per heavy atom. The van der Waals surface area contributed by atoms with E-state index in [1.54, 1.807) is 13.2 Å². The summed E-state index contributed by atoms with van der Waals surface area (Å²) in [6.07, 6.45) is 3.02. The molecule has 7 heteroatoms. The highest BCUT2D eigenvalue weighted by Gasteiger charge is 2.12. The zero-order chi connectivity index (χ0) is 15.7. The molecule has 1 heterocycles. The van der Waals surface area contributed by atoms with E-state index in [0.717, 1.165) is 0 Å². The van der Waals surface area contributed by atoms with E-state index in [9.17, 15) is 9.59 Å². The van der Waals surface area contributed by atoms with Crippen LogP contribution in [0.25, 0.3) is 0 Å². The minimum Gasteiger partial charge on any atom is -0.478 e. The number of nitrogens with zero attached hydrogens (tertiary/aromatic N) is 2. The van der Waals surface area contributed by atoms with Crippen LogP contribution >= 0.6 is 0 Å². The number of methoxy groups -OCH3 is 1. The maximum Gasteiger partial charge on any atom is 0.335 e. The SMILES string of the molecule is C=CCN(CCOC)C(=O)NCc1cc(C(=O)O)ccn1. The highest BCUT2D eigenvalue weighted by Crippen LogP contribution is 2.02. The summed E-state index contributed by atoms with van der Waals surface area (Å²) in [6.45, 7) is 5.02. The third-order valence-corrected chi connectivity index (χ3v) is 2.69. The molecule has 0 unspecified atom stereocenters. The van der Waals surface area contributed by atoms with Crippen molar-refractivity contribution < 1.29 is 19.4 Å². The van der Waals surface area contributed by atoms with Gasteiger partial charge in [0.25, 0.3) is 0 Å². The summed E-state index contributed by atoms with van der Waals surface area (Å²) in [7, 11) is 1.56. The predicted molar refractivity (Wildman–Crippen MR) is 77.1 cm³/mol. The van der Waals surface area contributed by atoms with Gasteiger partial charge in [0, 0.05) is 26.4 Å². The van der Waals surface area contributed by atoms with Crippen LogP contribution in [-0.2, 0) is 11.3 Å². The Hall–Kier alpha value is -2.41. The quantitative estimate of drug-likeness (QED) is 0.701. The molecule has 0 saturated carbocycles. The van der Waals surface area contributed by atoms with Crippen LogP contribution in [0.4, 0.5) is 4.79 Å². The number of carbonyl (C=O) groups is 2. The van der Waals surface area contributed by atoms with Crippen molar-refractivity contribution in [3.05, 3.63) is 42.2 Å². The molecule has 0 atom stereocenters. The van der Waals surface area contributed by atoms with Gasteiger partial charge in [-0.2, -0.15) is 0 Å². The molecule has 0 fully saturated rings. The number of carbonyl (C=O) groups excluding carboxylic acids is 1. The number of hydrogen-bond acceptors (Lipinski definition) is 4. The number of carboxylic acid groups (broad SMARTS) is 1. The zero-order valence-corrected chi connectivity index (χ0v) is 11.9. The molecule has 0 aliphatic rings. The second-order valence-corrected chi connectivity index (χ2v) is 4.23. The van der Waals surface area contributed by atoms with Crippen LogP contribution in [0.3, 0.4) is 0 Å². The third-order valence-electron chi connectivity index (χ3n) is 2.69. The minimum absolute atomic E-state index is 0.136. The number of aromatic nitrogens is 1. The van der Waals surface area contributed by atoms with Crippen molar-refractivity contribution in [2.24, 2.45) is 0 Å². The van der Waals surface area contributed by atoms with Crippen molar-refractivity contribution in [3.8, 4) is 0 Å². The normalized spacial score (nSPS) is 9.95. The lowest BCUT2D eigenvalue weighted by Crippen LogP contribution is -2.41. The van der Waals surface area contributed by atoms with Crippen molar-refractivity contribution in [1.29, 1.82) is 0 Å². The maximum atomic E-state index is 12.0. The average Bonchev–Trinajstić information content (AvgIpc) is 2.49. The second-order valence-electron chi connectivity index (χ2n) is 4.23. The number of ether oxygens (including phenoxy) is 1. The molecule has 114 valence electrons. The van der Waals surface area contributed by atoms with E-state index in [1.807, 2.05) is 0 Å². The molecule has 0 radical (unpaired) electrons. The van der Waals surface area contributed by atoms with Crippen LogP contribution in [0.5, 0.6) is 0 Å². The summed E-state index contributed by atoms with van der Waals surface area (Å²) in [4.78, 5) is 28.4. The van der Waals surface area contributed by atoms with Crippen LogP contribution in [-0.4, -0.2) is 53.8 Å². The van der Waals surface area contributed by atoms with Crippen molar-refractivity contribution >= 4 is 12.0 Å². The number of urea groups is 1. The summed E-state index contributed by atoms with van der Waals surface area (Å²) in [5, 5.41) is 11.6. The zero-order valence-electron chi connectivity index (χ0n) is 11.9. The smallest absolute Gasteiger partial charge is 0.335 e. The van der Waals surface area contributed by atoms with Gasteiger partial charge >= 0.3 is 12.0 Å². The van der Waals surface area contributed by atoms with Gasteiger partial charge in [-0.15, -0.1) is 6.58 Å². The van der Waals surface area contributed by atoms with Gasteiger partial charge in [-0.05, 0) is 12.1 Å². The molecule has 1 aromatic rings. The topological polar surface area (TPSA) is 91.8 Å². The molecule has 0 aliphatic heterocycles. The molecular formula is C14H19N3O4. The average molecular weight is 293 g/mol. The molecule has 1 aromatic heterocycles. The largest absolute Gasteiger partial charge is 0.478 e. The summed E-state index contributed by atoms with van der Waals surface area (Å²) >= 11 is 0. The van der Waals surface area contributed by atoms with Gasteiger partial charge < -0.3 is 20.1 Å². The first-order chi connectivity index (χ1) is 10.1. The Bertz CT molecular complexity index is 505. The molecular weight excluding hydrogens is 274 g/mol. The van der Waals surface area contributed by atoms with E-state index in [1.165, 1.54) is 23.2 Å². The molecule has 7 nitrogen and oxygen atoms in total. The van der Waals surface area contributed by atoms with E-state index in [2.05, 4.69) is 16.9 Å². The van der Waals surface area contributed by atoms with Crippen LogP contribution in [0.2, 0.25) is 0 Å². The van der Waals surface area contributed by atoms with E-state index in [4.69, 9.17) is 9.84 Å². The van der Waals surface area contributed by atoms with Crippen molar-refractivity contribution in [2.45, 2.75) is 6.54 Å². The monoisotopic (exact) mass is 293 g/mol. The fraction of sp³-hybridized carbons (Fsp3) is 0.357. The fourth-order valence-corrected chi connectivity index (χ4v) is 1.62. The number of rotatable bonds is 8. The number of nitrogens with one attached hydrogen (secondary N) is 1. The van der Waals surface area contributed by atoms with Crippen LogP contribution < -0.4 is 5.32 Å². The summed E-state index contributed by atoms with van der Waals surface area (Å²) in [5.74, 6) is -1.03. The van der Waals surface area contributed by atoms with E-state index in [0.29, 0.717) is 25.4 Å². The molecule has 0 spiro atoms. The fourth-order valence-electron chi connectivity index (χ4n) is 1.62. The minimum atomic E-state index is -1.03. The highest BCUT2D eigenvalue weighted by atomic mass is 16.5.